The van der Waals surface area contributed by atoms with Crippen LogP contribution >= 0.6 is 11.8 Å². The largest absolute Gasteiger partial charge is 0.349 e. The lowest BCUT2D eigenvalue weighted by Gasteiger charge is -2.16. The van der Waals surface area contributed by atoms with Crippen molar-refractivity contribution in [2.24, 2.45) is 0 Å². The van der Waals surface area contributed by atoms with Crippen molar-refractivity contribution in [3.05, 3.63) is 84.7 Å². The maximum atomic E-state index is 12.5. The smallest absolute Gasteiger partial charge is 0.230 e. The van der Waals surface area contributed by atoms with E-state index >= 15 is 0 Å². The van der Waals surface area contributed by atoms with Gasteiger partial charge in [-0.2, -0.15) is 0 Å². The van der Waals surface area contributed by atoms with Gasteiger partial charge in [-0.15, -0.1) is 10.2 Å². The first-order valence-electron chi connectivity index (χ1n) is 9.07. The van der Waals surface area contributed by atoms with E-state index in [2.05, 4.69) is 39.8 Å². The minimum Gasteiger partial charge on any atom is -0.349 e. The van der Waals surface area contributed by atoms with Gasteiger partial charge in [0.2, 0.25) is 5.91 Å². The molecule has 0 aliphatic heterocycles. The first-order valence-corrected chi connectivity index (χ1v) is 10.1. The van der Waals surface area contributed by atoms with Crippen molar-refractivity contribution >= 4 is 28.4 Å². The Morgan fingerprint density at radius 1 is 1.04 bits per heavy atom. The molecule has 4 aromatic rings. The third kappa shape index (κ3) is 3.92. The van der Waals surface area contributed by atoms with E-state index < -0.39 is 0 Å². The number of carbonyl (C=O) groups is 1. The molecule has 0 saturated heterocycles. The Bertz CT molecular complexity index is 1090. The molecule has 1 atom stereocenters. The fourth-order valence-corrected chi connectivity index (χ4v) is 3.95. The minimum atomic E-state index is -0.0776. The van der Waals surface area contributed by atoms with Crippen LogP contribution in [0.5, 0.6) is 0 Å². The molecule has 0 fully saturated rings. The summed E-state index contributed by atoms with van der Waals surface area (Å²) in [5, 5.41) is 14.2. The quantitative estimate of drug-likeness (QED) is 0.498. The Labute approximate surface area is 167 Å². The SMILES string of the molecule is C[C@@H](NC(=O)CSc1nncn1-c1ccccc1)c1cccc2ccccc12. The van der Waals surface area contributed by atoms with Crippen molar-refractivity contribution in [3.8, 4) is 5.69 Å². The predicted molar refractivity (Wildman–Crippen MR) is 113 cm³/mol. The van der Waals surface area contributed by atoms with Gasteiger partial charge in [0.15, 0.2) is 5.16 Å². The van der Waals surface area contributed by atoms with E-state index in [9.17, 15) is 4.79 Å². The van der Waals surface area contributed by atoms with Crippen LogP contribution in [0.2, 0.25) is 0 Å². The number of amides is 1. The van der Waals surface area contributed by atoms with Crippen LogP contribution in [0.4, 0.5) is 0 Å². The van der Waals surface area contributed by atoms with Gasteiger partial charge in [-0.25, -0.2) is 0 Å². The Morgan fingerprint density at radius 3 is 2.64 bits per heavy atom. The van der Waals surface area contributed by atoms with Crippen LogP contribution in [0, 0.1) is 0 Å². The molecule has 1 heterocycles. The molecule has 0 bridgehead atoms. The molecule has 6 heteroatoms. The van der Waals surface area contributed by atoms with Crippen molar-refractivity contribution in [1.29, 1.82) is 0 Å². The lowest BCUT2D eigenvalue weighted by atomic mass is 10.00. The molecular formula is C22H20N4OS. The van der Waals surface area contributed by atoms with E-state index in [0.29, 0.717) is 5.16 Å². The zero-order valence-corrected chi connectivity index (χ0v) is 16.3. The summed E-state index contributed by atoms with van der Waals surface area (Å²) >= 11 is 1.37. The molecular weight excluding hydrogens is 368 g/mol. The standard InChI is InChI=1S/C22H20N4OS/c1-16(19-13-7-9-17-8-5-6-12-20(17)19)24-21(27)14-28-22-25-23-15-26(22)18-10-3-2-4-11-18/h2-13,15-16H,14H2,1H3,(H,24,27)/t16-/m1/s1. The average molecular weight is 388 g/mol. The molecule has 1 amide bonds. The molecule has 5 nitrogen and oxygen atoms in total. The van der Waals surface area contributed by atoms with Crippen LogP contribution in [0.25, 0.3) is 16.5 Å². The summed E-state index contributed by atoms with van der Waals surface area (Å²) in [7, 11) is 0. The maximum absolute atomic E-state index is 12.5. The van der Waals surface area contributed by atoms with E-state index in [-0.39, 0.29) is 17.7 Å². The van der Waals surface area contributed by atoms with Crippen molar-refractivity contribution in [1.82, 2.24) is 20.1 Å². The number of para-hydroxylation sites is 1. The zero-order valence-electron chi connectivity index (χ0n) is 15.4. The van der Waals surface area contributed by atoms with Crippen molar-refractivity contribution in [2.45, 2.75) is 18.1 Å². The number of hydrogen-bond acceptors (Lipinski definition) is 4. The average Bonchev–Trinajstić information content (AvgIpc) is 3.21. The normalized spacial score (nSPS) is 12.0. The number of carbonyl (C=O) groups excluding carboxylic acids is 1. The number of nitrogens with zero attached hydrogens (tertiary/aromatic N) is 3. The van der Waals surface area contributed by atoms with Gasteiger partial charge >= 0.3 is 0 Å². The summed E-state index contributed by atoms with van der Waals surface area (Å²) in [4.78, 5) is 12.5. The summed E-state index contributed by atoms with van der Waals surface area (Å²) in [5.74, 6) is 0.244. The van der Waals surface area contributed by atoms with Gasteiger partial charge in [0.1, 0.15) is 6.33 Å². The van der Waals surface area contributed by atoms with E-state index in [0.717, 1.165) is 16.6 Å². The molecule has 0 aliphatic carbocycles. The molecule has 28 heavy (non-hydrogen) atoms. The van der Waals surface area contributed by atoms with Gasteiger partial charge in [0, 0.05) is 5.69 Å². The summed E-state index contributed by atoms with van der Waals surface area (Å²) in [5.41, 5.74) is 2.09. The van der Waals surface area contributed by atoms with Crippen LogP contribution in [-0.4, -0.2) is 26.4 Å². The second kappa shape index (κ2) is 8.27. The van der Waals surface area contributed by atoms with Gasteiger partial charge in [-0.1, -0.05) is 72.4 Å². The first kappa shape index (κ1) is 18.3. The topological polar surface area (TPSA) is 59.8 Å². The monoisotopic (exact) mass is 388 g/mol. The highest BCUT2D eigenvalue weighted by molar-refractivity contribution is 7.99. The van der Waals surface area contributed by atoms with E-state index in [1.54, 1.807) is 6.33 Å². The molecule has 0 unspecified atom stereocenters. The van der Waals surface area contributed by atoms with E-state index in [1.807, 2.05) is 60.0 Å². The molecule has 1 aromatic heterocycles. The molecule has 0 spiro atoms. The molecule has 3 aromatic carbocycles. The van der Waals surface area contributed by atoms with Crippen molar-refractivity contribution in [3.63, 3.8) is 0 Å². The Balaban J connectivity index is 1.42. The van der Waals surface area contributed by atoms with Crippen molar-refractivity contribution in [2.75, 3.05) is 5.75 Å². The lowest BCUT2D eigenvalue weighted by Crippen LogP contribution is -2.28. The van der Waals surface area contributed by atoms with E-state index in [1.165, 1.54) is 17.1 Å². The molecule has 0 aliphatic rings. The highest BCUT2D eigenvalue weighted by Gasteiger charge is 2.14. The molecule has 0 radical (unpaired) electrons. The number of aromatic nitrogens is 3. The van der Waals surface area contributed by atoms with Crippen molar-refractivity contribution < 1.29 is 4.79 Å². The first-order chi connectivity index (χ1) is 13.7. The van der Waals surface area contributed by atoms with Gasteiger partial charge < -0.3 is 5.32 Å². The number of fused-ring (bicyclic) bond motifs is 1. The van der Waals surface area contributed by atoms with Gasteiger partial charge in [-0.3, -0.25) is 9.36 Å². The predicted octanol–water partition coefficient (Wildman–Crippen LogP) is 4.39. The highest BCUT2D eigenvalue weighted by Crippen LogP contribution is 2.24. The Kier molecular flexibility index (Phi) is 5.39. The van der Waals surface area contributed by atoms with Gasteiger partial charge in [0.25, 0.3) is 0 Å². The minimum absolute atomic E-state index is 0.0342. The molecule has 1 N–H and O–H groups in total. The van der Waals surface area contributed by atoms with Gasteiger partial charge in [0.05, 0.1) is 11.8 Å². The number of rotatable bonds is 6. The summed E-state index contributed by atoms with van der Waals surface area (Å²) < 4.78 is 1.88. The molecule has 140 valence electrons. The number of thioether (sulfide) groups is 1. The van der Waals surface area contributed by atoms with Gasteiger partial charge in [-0.05, 0) is 35.4 Å². The fraction of sp³-hybridized carbons (Fsp3) is 0.136. The number of hydrogen-bond donors (Lipinski definition) is 1. The van der Waals surface area contributed by atoms with E-state index in [4.69, 9.17) is 0 Å². The fourth-order valence-electron chi connectivity index (χ4n) is 3.21. The zero-order chi connectivity index (χ0) is 19.3. The molecule has 4 rings (SSSR count). The summed E-state index contributed by atoms with van der Waals surface area (Å²) in [6.45, 7) is 2.01. The summed E-state index contributed by atoms with van der Waals surface area (Å²) in [6.07, 6.45) is 1.66. The third-order valence-corrected chi connectivity index (χ3v) is 5.49. The summed E-state index contributed by atoms with van der Waals surface area (Å²) in [6, 6.07) is 24.2. The molecule has 0 saturated carbocycles. The Morgan fingerprint density at radius 2 is 1.79 bits per heavy atom. The van der Waals surface area contributed by atoms with Crippen LogP contribution in [0.1, 0.15) is 18.5 Å². The lowest BCUT2D eigenvalue weighted by molar-refractivity contribution is -0.119. The highest BCUT2D eigenvalue weighted by atomic mass is 32.2. The maximum Gasteiger partial charge on any atom is 0.230 e. The second-order valence-corrected chi connectivity index (χ2v) is 7.41. The van der Waals surface area contributed by atoms with Crippen LogP contribution in [0.15, 0.2) is 84.3 Å². The van der Waals surface area contributed by atoms with Crippen LogP contribution < -0.4 is 5.32 Å². The number of benzene rings is 3. The second-order valence-electron chi connectivity index (χ2n) is 6.47. The van der Waals surface area contributed by atoms with Crippen LogP contribution in [0.3, 0.4) is 0 Å². The third-order valence-electron chi connectivity index (χ3n) is 4.55. The van der Waals surface area contributed by atoms with Crippen LogP contribution in [-0.2, 0) is 4.79 Å². The number of nitrogens with one attached hydrogen (secondary N) is 1. The Hall–Kier alpha value is -3.12.